The quantitative estimate of drug-likeness (QED) is 0.369. The predicted octanol–water partition coefficient (Wildman–Crippen LogP) is 2.84. The van der Waals surface area contributed by atoms with Crippen molar-refractivity contribution in [3.05, 3.63) is 35.4 Å². The highest BCUT2D eigenvalue weighted by Gasteiger charge is 2.19. The standard InChI is InChI=1S/C24H41N5O/c1-3-25-24(26-12-8-13-28-15-17-30-18-16-28)27-19-22-10-4-5-11-23(22)20-29-14-7-6-9-21(29)2/h4-5,10-11,21H,3,6-9,12-20H2,1-2H3,(H2,25,26,27). The van der Waals surface area contributed by atoms with Crippen LogP contribution in [0.1, 0.15) is 50.7 Å². The number of piperidine rings is 1. The number of hydrogen-bond acceptors (Lipinski definition) is 4. The number of likely N-dealkylation sites (tertiary alicyclic amines) is 1. The minimum atomic E-state index is 0.681. The van der Waals surface area contributed by atoms with Gasteiger partial charge in [0.1, 0.15) is 0 Å². The van der Waals surface area contributed by atoms with Gasteiger partial charge in [-0.25, -0.2) is 4.99 Å². The van der Waals surface area contributed by atoms with E-state index in [1.165, 1.54) is 36.9 Å². The van der Waals surface area contributed by atoms with E-state index < -0.39 is 0 Å². The van der Waals surface area contributed by atoms with Gasteiger partial charge in [-0.05, 0) is 57.3 Å². The van der Waals surface area contributed by atoms with Gasteiger partial charge in [-0.2, -0.15) is 0 Å². The Labute approximate surface area is 183 Å². The molecule has 0 amide bonds. The summed E-state index contributed by atoms with van der Waals surface area (Å²) in [5.74, 6) is 0.917. The van der Waals surface area contributed by atoms with Gasteiger partial charge in [-0.15, -0.1) is 0 Å². The SMILES string of the molecule is CCNC(=NCc1ccccc1CN1CCCCC1C)NCCCN1CCOCC1. The van der Waals surface area contributed by atoms with Crippen LogP contribution in [0.15, 0.2) is 29.3 Å². The van der Waals surface area contributed by atoms with Crippen molar-refractivity contribution < 1.29 is 4.74 Å². The number of rotatable bonds is 9. The first kappa shape index (κ1) is 23.0. The second-order valence-electron chi connectivity index (χ2n) is 8.51. The molecule has 6 nitrogen and oxygen atoms in total. The van der Waals surface area contributed by atoms with Crippen molar-refractivity contribution in [3.8, 4) is 0 Å². The summed E-state index contributed by atoms with van der Waals surface area (Å²) in [6.07, 6.45) is 5.13. The molecule has 1 unspecified atom stereocenters. The third-order valence-electron chi connectivity index (χ3n) is 6.23. The van der Waals surface area contributed by atoms with E-state index in [1.807, 2.05) is 0 Å². The van der Waals surface area contributed by atoms with Crippen LogP contribution in [0, 0.1) is 0 Å². The summed E-state index contributed by atoms with van der Waals surface area (Å²) in [5, 5.41) is 6.90. The van der Waals surface area contributed by atoms with Crippen molar-refractivity contribution >= 4 is 5.96 Å². The van der Waals surface area contributed by atoms with Crippen LogP contribution in [0.4, 0.5) is 0 Å². The lowest BCUT2D eigenvalue weighted by atomic mass is 10.0. The topological polar surface area (TPSA) is 52.1 Å². The number of guanidine groups is 1. The van der Waals surface area contributed by atoms with Crippen molar-refractivity contribution in [3.63, 3.8) is 0 Å². The molecule has 1 aromatic carbocycles. The van der Waals surface area contributed by atoms with Crippen molar-refractivity contribution in [2.24, 2.45) is 4.99 Å². The number of hydrogen-bond donors (Lipinski definition) is 2. The number of nitrogens with one attached hydrogen (secondary N) is 2. The molecule has 1 aromatic rings. The molecule has 2 fully saturated rings. The summed E-state index contributed by atoms with van der Waals surface area (Å²) in [5.41, 5.74) is 2.75. The molecule has 0 aliphatic carbocycles. The Morgan fingerprint density at radius 3 is 2.67 bits per heavy atom. The molecule has 2 aliphatic rings. The van der Waals surface area contributed by atoms with Crippen molar-refractivity contribution in [1.82, 2.24) is 20.4 Å². The minimum Gasteiger partial charge on any atom is -0.379 e. The van der Waals surface area contributed by atoms with Gasteiger partial charge in [0, 0.05) is 38.8 Å². The van der Waals surface area contributed by atoms with Crippen molar-refractivity contribution in [2.75, 3.05) is 52.5 Å². The van der Waals surface area contributed by atoms with Crippen LogP contribution < -0.4 is 10.6 Å². The second kappa shape index (κ2) is 12.9. The summed E-state index contributed by atoms with van der Waals surface area (Å²) in [7, 11) is 0. The second-order valence-corrected chi connectivity index (χ2v) is 8.51. The first-order valence-electron chi connectivity index (χ1n) is 11.9. The summed E-state index contributed by atoms with van der Waals surface area (Å²) in [6.45, 7) is 14.2. The third kappa shape index (κ3) is 7.56. The highest BCUT2D eigenvalue weighted by Crippen LogP contribution is 2.21. The predicted molar refractivity (Wildman–Crippen MR) is 125 cm³/mol. The number of nitrogens with zero attached hydrogens (tertiary/aromatic N) is 3. The van der Waals surface area contributed by atoms with Crippen molar-refractivity contribution in [2.45, 2.75) is 58.7 Å². The van der Waals surface area contributed by atoms with Crippen LogP contribution in [-0.2, 0) is 17.8 Å². The molecule has 6 heteroatoms. The van der Waals surface area contributed by atoms with Gasteiger partial charge in [-0.1, -0.05) is 30.7 Å². The lowest BCUT2D eigenvalue weighted by Gasteiger charge is -2.33. The molecule has 3 rings (SSSR count). The van der Waals surface area contributed by atoms with E-state index in [4.69, 9.17) is 9.73 Å². The Morgan fingerprint density at radius 2 is 1.90 bits per heavy atom. The highest BCUT2D eigenvalue weighted by molar-refractivity contribution is 5.79. The first-order chi connectivity index (χ1) is 14.8. The molecular weight excluding hydrogens is 374 g/mol. The monoisotopic (exact) mass is 415 g/mol. The summed E-state index contributed by atoms with van der Waals surface area (Å²) in [4.78, 5) is 9.99. The van der Waals surface area contributed by atoms with Crippen molar-refractivity contribution in [1.29, 1.82) is 0 Å². The van der Waals surface area contributed by atoms with Crippen LogP contribution in [0.25, 0.3) is 0 Å². The summed E-state index contributed by atoms with van der Waals surface area (Å²) >= 11 is 0. The Kier molecular flexibility index (Phi) is 9.93. The Hall–Kier alpha value is -1.63. The fraction of sp³-hybridized carbons (Fsp3) is 0.708. The fourth-order valence-corrected chi connectivity index (χ4v) is 4.32. The molecule has 1 atom stereocenters. The molecular formula is C24H41N5O. The molecule has 0 bridgehead atoms. The Bertz CT molecular complexity index is 644. The van der Waals surface area contributed by atoms with E-state index in [-0.39, 0.29) is 0 Å². The summed E-state index contributed by atoms with van der Waals surface area (Å²) < 4.78 is 5.42. The van der Waals surface area contributed by atoms with E-state index >= 15 is 0 Å². The molecule has 0 radical (unpaired) electrons. The molecule has 2 heterocycles. The van der Waals surface area contributed by atoms with E-state index in [9.17, 15) is 0 Å². The molecule has 2 N–H and O–H groups in total. The Balaban J connectivity index is 1.51. The van der Waals surface area contributed by atoms with E-state index in [2.05, 4.69) is 58.5 Å². The maximum absolute atomic E-state index is 5.42. The van der Waals surface area contributed by atoms with Gasteiger partial charge >= 0.3 is 0 Å². The lowest BCUT2D eigenvalue weighted by molar-refractivity contribution is 0.0376. The maximum atomic E-state index is 5.42. The third-order valence-corrected chi connectivity index (χ3v) is 6.23. The maximum Gasteiger partial charge on any atom is 0.191 e. The van der Waals surface area contributed by atoms with Gasteiger partial charge in [0.25, 0.3) is 0 Å². The largest absolute Gasteiger partial charge is 0.379 e. The summed E-state index contributed by atoms with van der Waals surface area (Å²) in [6, 6.07) is 9.48. The number of aliphatic imine (C=N–C) groups is 1. The number of benzene rings is 1. The van der Waals surface area contributed by atoms with Gasteiger partial charge in [0.15, 0.2) is 5.96 Å². The molecule has 168 valence electrons. The van der Waals surface area contributed by atoms with Crippen LogP contribution in [0.2, 0.25) is 0 Å². The zero-order chi connectivity index (χ0) is 21.0. The van der Waals surface area contributed by atoms with E-state index in [1.54, 1.807) is 0 Å². The molecule has 0 spiro atoms. The van der Waals surface area contributed by atoms with Crippen LogP contribution in [0.5, 0.6) is 0 Å². The average molecular weight is 416 g/mol. The number of morpholine rings is 1. The first-order valence-corrected chi connectivity index (χ1v) is 11.9. The molecule has 2 saturated heterocycles. The smallest absolute Gasteiger partial charge is 0.191 e. The molecule has 30 heavy (non-hydrogen) atoms. The average Bonchev–Trinajstić information content (AvgIpc) is 2.78. The fourth-order valence-electron chi connectivity index (χ4n) is 4.32. The number of ether oxygens (including phenoxy) is 1. The van der Waals surface area contributed by atoms with Gasteiger partial charge < -0.3 is 15.4 Å². The highest BCUT2D eigenvalue weighted by atomic mass is 16.5. The minimum absolute atomic E-state index is 0.681. The normalized spacial score (nSPS) is 21.5. The van der Waals surface area contributed by atoms with Gasteiger partial charge in [-0.3, -0.25) is 9.80 Å². The van der Waals surface area contributed by atoms with E-state index in [0.717, 1.165) is 71.4 Å². The molecule has 0 saturated carbocycles. The van der Waals surface area contributed by atoms with Crippen LogP contribution in [-0.4, -0.2) is 74.3 Å². The molecule has 2 aliphatic heterocycles. The van der Waals surface area contributed by atoms with Crippen LogP contribution >= 0.6 is 0 Å². The lowest BCUT2D eigenvalue weighted by Crippen LogP contribution is -2.40. The van der Waals surface area contributed by atoms with Gasteiger partial charge in [0.2, 0.25) is 0 Å². The zero-order valence-electron chi connectivity index (χ0n) is 19.0. The molecule has 0 aromatic heterocycles. The van der Waals surface area contributed by atoms with Gasteiger partial charge in [0.05, 0.1) is 19.8 Å². The zero-order valence-corrected chi connectivity index (χ0v) is 19.0. The Morgan fingerprint density at radius 1 is 1.10 bits per heavy atom. The van der Waals surface area contributed by atoms with E-state index in [0.29, 0.717) is 6.04 Å². The van der Waals surface area contributed by atoms with Crippen LogP contribution in [0.3, 0.4) is 0 Å².